The molecule has 0 amide bonds. The first-order valence-corrected chi connectivity index (χ1v) is 3.81. The first kappa shape index (κ1) is 12.1. The van der Waals surface area contributed by atoms with Crippen molar-refractivity contribution in [1.82, 2.24) is 0 Å². The van der Waals surface area contributed by atoms with Crippen molar-refractivity contribution in [2.24, 2.45) is 0 Å². The van der Waals surface area contributed by atoms with Crippen LogP contribution in [-0.2, 0) is 4.74 Å². The minimum Gasteiger partial charge on any atom is -0.450 e. The van der Waals surface area contributed by atoms with Gasteiger partial charge in [-0.15, -0.1) is 0 Å². The molecular weight excluding hydrogens is 189 g/mol. The molecule has 78 valence electrons. The van der Waals surface area contributed by atoms with Crippen LogP contribution in [0.1, 0.15) is 26.2 Å². The van der Waals surface area contributed by atoms with Gasteiger partial charge in [0.25, 0.3) is 0 Å². The van der Waals surface area contributed by atoms with Gasteiger partial charge in [-0.3, -0.25) is 0 Å². The van der Waals surface area contributed by atoms with E-state index in [9.17, 15) is 18.0 Å². The van der Waals surface area contributed by atoms with E-state index in [-0.39, 0.29) is 12.8 Å². The minimum atomic E-state index is -4.25. The van der Waals surface area contributed by atoms with E-state index in [1.165, 1.54) is 0 Å². The van der Waals surface area contributed by atoms with Gasteiger partial charge in [-0.05, 0) is 12.8 Å². The Bertz CT molecular complexity index is 167. The lowest BCUT2D eigenvalue weighted by Gasteiger charge is -2.14. The molecule has 0 saturated heterocycles. The van der Waals surface area contributed by atoms with E-state index < -0.39 is 24.9 Å². The van der Waals surface area contributed by atoms with Crippen LogP contribution in [0.25, 0.3) is 0 Å². The molecule has 6 heteroatoms. The van der Waals surface area contributed by atoms with Gasteiger partial charge in [-0.2, -0.15) is 13.2 Å². The number of ether oxygens (including phenoxy) is 1. The molecule has 1 unspecified atom stereocenters. The van der Waals surface area contributed by atoms with Gasteiger partial charge in [0.05, 0.1) is 0 Å². The normalized spacial score (nSPS) is 13.8. The maximum atomic E-state index is 11.7. The van der Waals surface area contributed by atoms with E-state index in [0.29, 0.717) is 0 Å². The summed E-state index contributed by atoms with van der Waals surface area (Å²) in [6.45, 7) is 1.57. The second kappa shape index (κ2) is 4.94. The SMILES string of the molecule is CCC(CCC(F)(F)F)OC(=O)O. The van der Waals surface area contributed by atoms with Crippen molar-refractivity contribution < 1.29 is 27.8 Å². The molecule has 0 aliphatic rings. The number of carbonyl (C=O) groups is 1. The Hall–Kier alpha value is -0.940. The molecule has 0 aromatic carbocycles. The third kappa shape index (κ3) is 7.42. The zero-order valence-corrected chi connectivity index (χ0v) is 7.10. The van der Waals surface area contributed by atoms with E-state index in [1.807, 2.05) is 0 Å². The Labute approximate surface area is 73.5 Å². The number of hydrogen-bond acceptors (Lipinski definition) is 2. The van der Waals surface area contributed by atoms with Gasteiger partial charge in [0.1, 0.15) is 6.10 Å². The molecule has 1 N–H and O–H groups in total. The molecule has 0 aromatic heterocycles. The maximum Gasteiger partial charge on any atom is 0.506 e. The topological polar surface area (TPSA) is 46.5 Å². The lowest BCUT2D eigenvalue weighted by Crippen LogP contribution is -2.19. The molecule has 0 bridgehead atoms. The fourth-order valence-electron chi connectivity index (χ4n) is 0.814. The first-order chi connectivity index (χ1) is 5.85. The Morgan fingerprint density at radius 3 is 2.38 bits per heavy atom. The third-order valence-electron chi connectivity index (χ3n) is 1.47. The van der Waals surface area contributed by atoms with Crippen LogP contribution in [0.2, 0.25) is 0 Å². The molecule has 0 spiro atoms. The Balaban J connectivity index is 3.79. The molecule has 3 nitrogen and oxygen atoms in total. The van der Waals surface area contributed by atoms with Gasteiger partial charge >= 0.3 is 12.3 Å². The number of halogens is 3. The van der Waals surface area contributed by atoms with Crippen LogP contribution in [0, 0.1) is 0 Å². The molecule has 0 heterocycles. The van der Waals surface area contributed by atoms with Crippen molar-refractivity contribution in [2.45, 2.75) is 38.5 Å². The van der Waals surface area contributed by atoms with Crippen molar-refractivity contribution in [3.63, 3.8) is 0 Å². The molecule has 0 aliphatic carbocycles. The standard InChI is InChI=1S/C7H11F3O3/c1-2-5(13-6(11)12)3-4-7(8,9)10/h5H,2-4H2,1H3,(H,11,12). The molecule has 0 radical (unpaired) electrons. The van der Waals surface area contributed by atoms with Crippen LogP contribution in [-0.4, -0.2) is 23.5 Å². The summed E-state index contributed by atoms with van der Waals surface area (Å²) in [7, 11) is 0. The van der Waals surface area contributed by atoms with Gasteiger partial charge < -0.3 is 9.84 Å². The molecule has 0 saturated carbocycles. The van der Waals surface area contributed by atoms with E-state index in [4.69, 9.17) is 5.11 Å². The lowest BCUT2D eigenvalue weighted by atomic mass is 10.1. The highest BCUT2D eigenvalue weighted by Crippen LogP contribution is 2.23. The first-order valence-electron chi connectivity index (χ1n) is 3.81. The summed E-state index contributed by atoms with van der Waals surface area (Å²) in [5, 5.41) is 8.14. The quantitative estimate of drug-likeness (QED) is 0.709. The van der Waals surface area contributed by atoms with Gasteiger partial charge in [0.2, 0.25) is 0 Å². The fourth-order valence-corrected chi connectivity index (χ4v) is 0.814. The third-order valence-corrected chi connectivity index (χ3v) is 1.47. The summed E-state index contributed by atoms with van der Waals surface area (Å²) in [5.41, 5.74) is 0. The monoisotopic (exact) mass is 200 g/mol. The van der Waals surface area contributed by atoms with Crippen molar-refractivity contribution in [3.05, 3.63) is 0 Å². The average Bonchev–Trinajstić information content (AvgIpc) is 1.95. The highest BCUT2D eigenvalue weighted by molar-refractivity contribution is 5.57. The van der Waals surface area contributed by atoms with Crippen molar-refractivity contribution in [1.29, 1.82) is 0 Å². The van der Waals surface area contributed by atoms with E-state index in [1.54, 1.807) is 6.92 Å². The van der Waals surface area contributed by atoms with Crippen LogP contribution < -0.4 is 0 Å². The lowest BCUT2D eigenvalue weighted by molar-refractivity contribution is -0.140. The summed E-state index contributed by atoms with van der Waals surface area (Å²) >= 11 is 0. The van der Waals surface area contributed by atoms with Crippen molar-refractivity contribution >= 4 is 6.16 Å². The second-order valence-corrected chi connectivity index (χ2v) is 2.57. The van der Waals surface area contributed by atoms with Gasteiger partial charge in [0.15, 0.2) is 0 Å². The fraction of sp³-hybridized carbons (Fsp3) is 0.857. The highest BCUT2D eigenvalue weighted by atomic mass is 19.4. The van der Waals surface area contributed by atoms with Gasteiger partial charge in [-0.25, -0.2) is 4.79 Å². The van der Waals surface area contributed by atoms with Crippen molar-refractivity contribution in [3.8, 4) is 0 Å². The molecule has 1 atom stereocenters. The molecular formula is C7H11F3O3. The minimum absolute atomic E-state index is 0.252. The zero-order chi connectivity index (χ0) is 10.5. The smallest absolute Gasteiger partial charge is 0.450 e. The van der Waals surface area contributed by atoms with E-state index in [0.717, 1.165) is 0 Å². The summed E-state index contributed by atoms with van der Waals surface area (Å²) in [4.78, 5) is 9.99. The highest BCUT2D eigenvalue weighted by Gasteiger charge is 2.28. The molecule has 0 aromatic rings. The number of hydrogen-bond donors (Lipinski definition) is 1. The Morgan fingerprint density at radius 2 is 2.08 bits per heavy atom. The van der Waals surface area contributed by atoms with Crippen LogP contribution >= 0.6 is 0 Å². The van der Waals surface area contributed by atoms with Crippen molar-refractivity contribution in [2.75, 3.05) is 0 Å². The maximum absolute atomic E-state index is 11.7. The number of rotatable bonds is 4. The molecule has 0 fully saturated rings. The summed E-state index contributed by atoms with van der Waals surface area (Å²) < 4.78 is 39.3. The number of alkyl halides is 3. The van der Waals surface area contributed by atoms with Crippen LogP contribution in [0.4, 0.5) is 18.0 Å². The van der Waals surface area contributed by atoms with Gasteiger partial charge in [0, 0.05) is 6.42 Å². The molecule has 0 rings (SSSR count). The summed E-state index contributed by atoms with van der Waals surface area (Å²) in [5.74, 6) is 0. The van der Waals surface area contributed by atoms with E-state index in [2.05, 4.69) is 4.74 Å². The van der Waals surface area contributed by atoms with E-state index >= 15 is 0 Å². The Kier molecular flexibility index (Phi) is 4.58. The summed E-state index contributed by atoms with van der Waals surface area (Å²) in [6, 6.07) is 0. The second-order valence-electron chi connectivity index (χ2n) is 2.57. The number of carboxylic acid groups (broad SMARTS) is 1. The van der Waals surface area contributed by atoms with Gasteiger partial charge in [-0.1, -0.05) is 6.92 Å². The Morgan fingerprint density at radius 1 is 1.54 bits per heavy atom. The predicted molar refractivity (Wildman–Crippen MR) is 38.5 cm³/mol. The van der Waals surface area contributed by atoms with Crippen LogP contribution in [0.15, 0.2) is 0 Å². The largest absolute Gasteiger partial charge is 0.506 e. The average molecular weight is 200 g/mol. The predicted octanol–water partition coefficient (Wildman–Crippen LogP) is 2.80. The molecule has 0 aliphatic heterocycles. The van der Waals surface area contributed by atoms with Crippen LogP contribution in [0.5, 0.6) is 0 Å². The zero-order valence-electron chi connectivity index (χ0n) is 7.10. The molecule has 13 heavy (non-hydrogen) atoms. The van der Waals surface area contributed by atoms with Crippen LogP contribution in [0.3, 0.4) is 0 Å². The summed E-state index contributed by atoms with van der Waals surface area (Å²) in [6.07, 6.45) is -7.73.